The summed E-state index contributed by atoms with van der Waals surface area (Å²) in [6.45, 7) is 2.43. The van der Waals surface area contributed by atoms with Crippen LogP contribution in [0, 0.1) is 11.8 Å². The van der Waals surface area contributed by atoms with Crippen molar-refractivity contribution in [1.29, 1.82) is 0 Å². The molecule has 0 amide bonds. The number of nitrogens with zero attached hydrogens (tertiary/aromatic N) is 3. The second-order valence-corrected chi connectivity index (χ2v) is 10.0. The average Bonchev–Trinajstić information content (AvgIpc) is 3.38. The van der Waals surface area contributed by atoms with E-state index in [2.05, 4.69) is 14.9 Å². The van der Waals surface area contributed by atoms with Crippen LogP contribution >= 0.6 is 11.3 Å². The summed E-state index contributed by atoms with van der Waals surface area (Å²) in [6.07, 6.45) is 8.05. The SMILES string of the molecule is COc1ccc2nccc([C@@H](O)CC[C@@H]3CCN(CCCCc4nccs4)C[C@@H]3C(=O)O)c2c1. The molecule has 1 aliphatic heterocycles. The number of carbonyl (C=O) groups is 1. The second-order valence-electron chi connectivity index (χ2n) is 9.05. The summed E-state index contributed by atoms with van der Waals surface area (Å²) >= 11 is 1.69. The van der Waals surface area contributed by atoms with E-state index in [4.69, 9.17) is 4.74 Å². The minimum Gasteiger partial charge on any atom is -0.497 e. The number of carboxylic acid groups (broad SMARTS) is 1. The first-order chi connectivity index (χ1) is 16.5. The minimum absolute atomic E-state index is 0.0707. The number of thiazole rings is 1. The number of aromatic nitrogens is 2. The summed E-state index contributed by atoms with van der Waals surface area (Å²) in [6, 6.07) is 7.48. The quantitative estimate of drug-likeness (QED) is 0.386. The van der Waals surface area contributed by atoms with Crippen LogP contribution < -0.4 is 4.74 Å². The summed E-state index contributed by atoms with van der Waals surface area (Å²) in [7, 11) is 1.62. The minimum atomic E-state index is -0.730. The molecule has 0 unspecified atom stereocenters. The van der Waals surface area contributed by atoms with E-state index in [-0.39, 0.29) is 5.92 Å². The molecule has 182 valence electrons. The highest BCUT2D eigenvalue weighted by Crippen LogP contribution is 2.33. The normalized spacial score (nSPS) is 19.8. The maximum atomic E-state index is 12.0. The maximum Gasteiger partial charge on any atom is 0.308 e. The number of carboxylic acids is 1. The van der Waals surface area contributed by atoms with Gasteiger partial charge in [-0.2, -0.15) is 0 Å². The van der Waals surface area contributed by atoms with Crippen molar-refractivity contribution in [3.05, 3.63) is 52.6 Å². The Labute approximate surface area is 204 Å². The number of unbranched alkanes of at least 4 members (excludes halogenated alkanes) is 1. The zero-order chi connectivity index (χ0) is 23.9. The van der Waals surface area contributed by atoms with Crippen LogP contribution in [0.3, 0.4) is 0 Å². The Bertz CT molecular complexity index is 1080. The highest BCUT2D eigenvalue weighted by atomic mass is 32.1. The monoisotopic (exact) mass is 483 g/mol. The Morgan fingerprint density at radius 1 is 1.26 bits per heavy atom. The Morgan fingerprint density at radius 3 is 2.91 bits per heavy atom. The molecule has 3 heterocycles. The van der Waals surface area contributed by atoms with Gasteiger partial charge >= 0.3 is 5.97 Å². The summed E-state index contributed by atoms with van der Waals surface area (Å²) in [5.41, 5.74) is 1.62. The van der Waals surface area contributed by atoms with Gasteiger partial charge in [0.05, 0.1) is 29.7 Å². The molecule has 2 N–H and O–H groups in total. The van der Waals surface area contributed by atoms with Crippen molar-refractivity contribution in [3.8, 4) is 5.75 Å². The van der Waals surface area contributed by atoms with Gasteiger partial charge in [-0.3, -0.25) is 9.78 Å². The van der Waals surface area contributed by atoms with Gasteiger partial charge in [0.25, 0.3) is 0 Å². The number of piperidine rings is 1. The number of benzene rings is 1. The molecule has 34 heavy (non-hydrogen) atoms. The standard InChI is InChI=1S/C26H33N3O4S/c1-33-19-6-7-23-21(16-19)20(9-11-27-23)24(30)8-5-18-10-14-29(17-22(18)26(31)32)13-3-2-4-25-28-12-15-34-25/h6-7,9,11-12,15-16,18,22,24,30H,2-5,8,10,13-14,17H2,1H3,(H,31,32)/t18-,22+,24+/m1/s1. The number of ether oxygens (including phenoxy) is 1. The van der Waals surface area contributed by atoms with Crippen LogP contribution in [0.15, 0.2) is 42.0 Å². The summed E-state index contributed by atoms with van der Waals surface area (Å²) in [5.74, 6) is -0.333. The first kappa shape index (κ1) is 24.6. The fourth-order valence-corrected chi connectivity index (χ4v) is 5.64. The van der Waals surface area contributed by atoms with Gasteiger partial charge in [-0.25, -0.2) is 4.98 Å². The number of methoxy groups -OCH3 is 1. The van der Waals surface area contributed by atoms with Crippen molar-refractivity contribution in [2.45, 2.75) is 44.6 Å². The lowest BCUT2D eigenvalue weighted by Crippen LogP contribution is -2.44. The molecule has 0 aliphatic carbocycles. The predicted octanol–water partition coefficient (Wildman–Crippen LogP) is 4.56. The van der Waals surface area contributed by atoms with E-state index in [1.807, 2.05) is 35.8 Å². The van der Waals surface area contributed by atoms with Crippen LogP contribution in [-0.4, -0.2) is 57.8 Å². The summed E-state index contributed by atoms with van der Waals surface area (Å²) in [5, 5.41) is 24.9. The Hall–Kier alpha value is -2.55. The first-order valence-electron chi connectivity index (χ1n) is 12.0. The number of pyridine rings is 1. The third-order valence-electron chi connectivity index (χ3n) is 6.91. The number of fused-ring (bicyclic) bond motifs is 1. The topological polar surface area (TPSA) is 95.8 Å². The Balaban J connectivity index is 1.31. The molecule has 0 spiro atoms. The van der Waals surface area contributed by atoms with Crippen molar-refractivity contribution >= 4 is 28.2 Å². The zero-order valence-electron chi connectivity index (χ0n) is 19.6. The average molecular weight is 484 g/mol. The highest BCUT2D eigenvalue weighted by Gasteiger charge is 2.34. The van der Waals surface area contributed by atoms with Gasteiger partial charge in [-0.15, -0.1) is 11.3 Å². The van der Waals surface area contributed by atoms with Crippen molar-refractivity contribution in [2.24, 2.45) is 11.8 Å². The molecule has 1 aromatic carbocycles. The Kier molecular flexibility index (Phi) is 8.48. The smallest absolute Gasteiger partial charge is 0.308 e. The number of likely N-dealkylation sites (tertiary alicyclic amines) is 1. The molecule has 1 saturated heterocycles. The Morgan fingerprint density at radius 2 is 2.15 bits per heavy atom. The number of aliphatic hydroxyl groups is 1. The zero-order valence-corrected chi connectivity index (χ0v) is 20.4. The van der Waals surface area contributed by atoms with E-state index in [0.29, 0.717) is 19.4 Å². The van der Waals surface area contributed by atoms with Gasteiger partial charge in [-0.05, 0) is 87.4 Å². The highest BCUT2D eigenvalue weighted by molar-refractivity contribution is 7.09. The second kappa shape index (κ2) is 11.7. The fraction of sp³-hybridized carbons (Fsp3) is 0.500. The first-order valence-corrected chi connectivity index (χ1v) is 12.9. The molecule has 0 bridgehead atoms. The lowest BCUT2D eigenvalue weighted by atomic mass is 9.81. The van der Waals surface area contributed by atoms with E-state index in [1.165, 1.54) is 5.01 Å². The molecular weight excluding hydrogens is 450 g/mol. The van der Waals surface area contributed by atoms with Crippen molar-refractivity contribution in [3.63, 3.8) is 0 Å². The molecule has 2 aromatic heterocycles. The number of rotatable bonds is 11. The van der Waals surface area contributed by atoms with Crippen LogP contribution in [0.25, 0.3) is 10.9 Å². The number of aliphatic hydroxyl groups excluding tert-OH is 1. The van der Waals surface area contributed by atoms with Crippen LogP contribution in [0.1, 0.15) is 48.8 Å². The van der Waals surface area contributed by atoms with Crippen molar-refractivity contribution in [2.75, 3.05) is 26.7 Å². The van der Waals surface area contributed by atoms with Crippen LogP contribution in [-0.2, 0) is 11.2 Å². The number of hydrogen-bond donors (Lipinski definition) is 2. The number of hydrogen-bond acceptors (Lipinski definition) is 7. The molecule has 7 nitrogen and oxygen atoms in total. The molecule has 3 atom stereocenters. The van der Waals surface area contributed by atoms with Crippen molar-refractivity contribution in [1.82, 2.24) is 14.9 Å². The molecule has 1 aliphatic rings. The van der Waals surface area contributed by atoms with Gasteiger partial charge in [0, 0.05) is 29.7 Å². The van der Waals surface area contributed by atoms with Gasteiger partial charge in [0.2, 0.25) is 0 Å². The number of aryl methyl sites for hydroxylation is 1. The van der Waals surface area contributed by atoms with E-state index >= 15 is 0 Å². The molecule has 0 radical (unpaired) electrons. The van der Waals surface area contributed by atoms with Gasteiger partial charge in [-0.1, -0.05) is 0 Å². The maximum absolute atomic E-state index is 12.0. The predicted molar refractivity (Wildman–Crippen MR) is 133 cm³/mol. The van der Waals surface area contributed by atoms with E-state index in [0.717, 1.165) is 61.0 Å². The lowest BCUT2D eigenvalue weighted by molar-refractivity contribution is -0.146. The van der Waals surface area contributed by atoms with Gasteiger partial charge < -0.3 is 19.8 Å². The van der Waals surface area contributed by atoms with Gasteiger partial charge in [0.15, 0.2) is 0 Å². The van der Waals surface area contributed by atoms with Crippen molar-refractivity contribution < 1.29 is 19.7 Å². The molecule has 4 rings (SSSR count). The molecule has 0 saturated carbocycles. The number of aliphatic carboxylic acids is 1. The lowest BCUT2D eigenvalue weighted by Gasteiger charge is -2.37. The molecule has 8 heteroatoms. The largest absolute Gasteiger partial charge is 0.497 e. The van der Waals surface area contributed by atoms with E-state index in [9.17, 15) is 15.0 Å². The van der Waals surface area contributed by atoms with E-state index in [1.54, 1.807) is 24.6 Å². The van der Waals surface area contributed by atoms with Crippen LogP contribution in [0.5, 0.6) is 5.75 Å². The molecular formula is C26H33N3O4S. The fourth-order valence-electron chi connectivity index (χ4n) is 4.98. The summed E-state index contributed by atoms with van der Waals surface area (Å²) in [4.78, 5) is 23.0. The molecule has 1 fully saturated rings. The summed E-state index contributed by atoms with van der Waals surface area (Å²) < 4.78 is 5.33. The van der Waals surface area contributed by atoms with Crippen LogP contribution in [0.2, 0.25) is 0 Å². The third-order valence-corrected chi connectivity index (χ3v) is 7.75. The molecule has 3 aromatic rings. The van der Waals surface area contributed by atoms with Crippen LogP contribution in [0.4, 0.5) is 0 Å². The van der Waals surface area contributed by atoms with Gasteiger partial charge in [0.1, 0.15) is 5.75 Å². The van der Waals surface area contributed by atoms with E-state index < -0.39 is 18.0 Å². The third kappa shape index (κ3) is 6.11.